The highest BCUT2D eigenvalue weighted by Gasteiger charge is 2.16. The summed E-state index contributed by atoms with van der Waals surface area (Å²) in [5, 5.41) is 12.0. The Labute approximate surface area is 129 Å². The summed E-state index contributed by atoms with van der Waals surface area (Å²) in [5.41, 5.74) is -0.0688. The molecule has 7 heteroatoms. The summed E-state index contributed by atoms with van der Waals surface area (Å²) in [6.07, 6.45) is 2.90. The number of halogens is 2. The van der Waals surface area contributed by atoms with Crippen LogP contribution in [0.4, 0.5) is 10.1 Å². The lowest BCUT2D eigenvalue weighted by molar-refractivity contribution is -0.383. The second-order valence-electron chi connectivity index (χ2n) is 4.44. The lowest BCUT2D eigenvalue weighted by Gasteiger charge is -2.10. The van der Waals surface area contributed by atoms with Gasteiger partial charge < -0.3 is 4.74 Å². The van der Waals surface area contributed by atoms with E-state index >= 15 is 0 Å². The minimum atomic E-state index is -0.487. The molecule has 0 radical (unpaired) electrons. The van der Waals surface area contributed by atoms with Gasteiger partial charge in [-0.3, -0.25) is 15.1 Å². The van der Waals surface area contributed by atoms with Crippen molar-refractivity contribution < 1.29 is 14.1 Å². The van der Waals surface area contributed by atoms with E-state index in [9.17, 15) is 14.5 Å². The first-order valence-electron chi connectivity index (χ1n) is 6.20. The molecule has 0 unspecified atom stereocenters. The zero-order valence-corrected chi connectivity index (χ0v) is 11.7. The van der Waals surface area contributed by atoms with Crippen molar-refractivity contribution in [3.8, 4) is 11.5 Å². The van der Waals surface area contributed by atoms with Gasteiger partial charge in [0.25, 0.3) is 5.69 Å². The van der Waals surface area contributed by atoms with E-state index in [0.717, 1.165) is 6.07 Å². The summed E-state index contributed by atoms with van der Waals surface area (Å²) >= 11 is 5.93. The number of benzene rings is 2. The topological polar surface area (TPSA) is 65.3 Å². The molecule has 5 nitrogen and oxygen atoms in total. The van der Waals surface area contributed by atoms with Crippen molar-refractivity contribution in [3.05, 3.63) is 69.7 Å². The number of hydrogen-bond donors (Lipinski definition) is 0. The molecule has 3 rings (SSSR count). The van der Waals surface area contributed by atoms with E-state index in [1.54, 1.807) is 6.07 Å². The first-order valence-corrected chi connectivity index (χ1v) is 6.58. The minimum Gasteiger partial charge on any atom is -0.455 e. The normalized spacial score (nSPS) is 10.6. The first kappa shape index (κ1) is 14.2. The molecule has 0 amide bonds. The SMILES string of the molecule is O=[N+]([O-])c1ccc(Oc2ccc(F)cc2Cl)c2ccncc12. The number of non-ortho nitro benzene ring substituents is 1. The standard InChI is InChI=1S/C15H8ClFN2O3/c16-12-7-9(17)1-3-15(12)22-14-4-2-13(19(20)21)11-8-18-6-5-10(11)14/h1-8H. The van der Waals surface area contributed by atoms with Gasteiger partial charge in [-0.25, -0.2) is 4.39 Å². The zero-order valence-electron chi connectivity index (χ0n) is 11.0. The van der Waals surface area contributed by atoms with Gasteiger partial charge in [-0.15, -0.1) is 0 Å². The monoisotopic (exact) mass is 318 g/mol. The highest BCUT2D eigenvalue weighted by atomic mass is 35.5. The van der Waals surface area contributed by atoms with Gasteiger partial charge in [0.2, 0.25) is 0 Å². The molecule has 0 N–H and O–H groups in total. The van der Waals surface area contributed by atoms with Crippen LogP contribution in [0.3, 0.4) is 0 Å². The van der Waals surface area contributed by atoms with Gasteiger partial charge in [0.1, 0.15) is 17.3 Å². The summed E-state index contributed by atoms with van der Waals surface area (Å²) < 4.78 is 18.7. The molecule has 0 aliphatic rings. The summed E-state index contributed by atoms with van der Waals surface area (Å²) in [4.78, 5) is 14.5. The Kier molecular flexibility index (Phi) is 3.60. The van der Waals surface area contributed by atoms with Crippen LogP contribution >= 0.6 is 11.6 Å². The Morgan fingerprint density at radius 3 is 2.64 bits per heavy atom. The predicted molar refractivity (Wildman–Crippen MR) is 79.9 cm³/mol. The van der Waals surface area contributed by atoms with E-state index in [2.05, 4.69) is 4.98 Å². The number of rotatable bonds is 3. The lowest BCUT2D eigenvalue weighted by Crippen LogP contribution is -1.93. The number of ether oxygens (including phenoxy) is 1. The highest BCUT2D eigenvalue weighted by Crippen LogP contribution is 2.37. The molecule has 0 fully saturated rings. The second kappa shape index (κ2) is 5.57. The van der Waals surface area contributed by atoms with Gasteiger partial charge in [-0.2, -0.15) is 0 Å². The molecule has 0 atom stereocenters. The van der Waals surface area contributed by atoms with Crippen LogP contribution in [-0.2, 0) is 0 Å². The third-order valence-electron chi connectivity index (χ3n) is 3.07. The molecule has 2 aromatic carbocycles. The van der Waals surface area contributed by atoms with Gasteiger partial charge in [0.05, 0.1) is 15.3 Å². The molecule has 110 valence electrons. The molecule has 0 saturated carbocycles. The number of hydrogen-bond acceptors (Lipinski definition) is 4. The number of nitrogens with zero attached hydrogens (tertiary/aromatic N) is 2. The van der Waals surface area contributed by atoms with E-state index in [4.69, 9.17) is 16.3 Å². The van der Waals surface area contributed by atoms with Crippen molar-refractivity contribution in [1.82, 2.24) is 4.98 Å². The van der Waals surface area contributed by atoms with Crippen LogP contribution in [0.15, 0.2) is 48.8 Å². The van der Waals surface area contributed by atoms with Gasteiger partial charge >= 0.3 is 0 Å². The molecule has 0 aliphatic carbocycles. The molecule has 22 heavy (non-hydrogen) atoms. The fourth-order valence-corrected chi connectivity index (χ4v) is 2.28. The Morgan fingerprint density at radius 2 is 1.91 bits per heavy atom. The van der Waals surface area contributed by atoms with Crippen LogP contribution in [0.5, 0.6) is 11.5 Å². The third kappa shape index (κ3) is 2.56. The van der Waals surface area contributed by atoms with E-state index in [-0.39, 0.29) is 16.5 Å². The number of pyridine rings is 1. The average Bonchev–Trinajstić information content (AvgIpc) is 2.50. The van der Waals surface area contributed by atoms with Crippen LogP contribution in [-0.4, -0.2) is 9.91 Å². The zero-order chi connectivity index (χ0) is 15.7. The average molecular weight is 319 g/mol. The maximum atomic E-state index is 13.1. The minimum absolute atomic E-state index is 0.0688. The predicted octanol–water partition coefficient (Wildman–Crippen LogP) is 4.73. The second-order valence-corrected chi connectivity index (χ2v) is 4.85. The molecule has 0 bridgehead atoms. The van der Waals surface area contributed by atoms with Crippen LogP contribution in [0.25, 0.3) is 10.8 Å². The summed E-state index contributed by atoms with van der Waals surface area (Å²) in [6, 6.07) is 8.15. The van der Waals surface area contributed by atoms with Crippen molar-refractivity contribution >= 4 is 28.1 Å². The lowest BCUT2D eigenvalue weighted by atomic mass is 10.1. The first-order chi connectivity index (χ1) is 10.6. The van der Waals surface area contributed by atoms with Crippen molar-refractivity contribution in [1.29, 1.82) is 0 Å². The molecular formula is C15H8ClFN2O3. The molecule has 0 saturated heterocycles. The van der Waals surface area contributed by atoms with Gasteiger partial charge in [-0.05, 0) is 30.3 Å². The Hall–Kier alpha value is -2.73. The number of nitro benzene ring substituents is 1. The maximum absolute atomic E-state index is 13.1. The molecule has 3 aromatic rings. The highest BCUT2D eigenvalue weighted by molar-refractivity contribution is 6.32. The Bertz CT molecular complexity index is 886. The number of fused-ring (bicyclic) bond motifs is 1. The van der Waals surface area contributed by atoms with Gasteiger partial charge in [-0.1, -0.05) is 11.6 Å². The van der Waals surface area contributed by atoms with Crippen molar-refractivity contribution in [2.75, 3.05) is 0 Å². The summed E-state index contributed by atoms with van der Waals surface area (Å²) in [6.45, 7) is 0. The van der Waals surface area contributed by atoms with Crippen LogP contribution in [0, 0.1) is 15.9 Å². The van der Waals surface area contributed by atoms with Crippen molar-refractivity contribution in [2.24, 2.45) is 0 Å². The Balaban J connectivity index is 2.12. The third-order valence-corrected chi connectivity index (χ3v) is 3.36. The van der Waals surface area contributed by atoms with Gasteiger partial charge in [0.15, 0.2) is 0 Å². The summed E-state index contributed by atoms with van der Waals surface area (Å²) in [5.74, 6) is 0.154. The fraction of sp³-hybridized carbons (Fsp3) is 0. The smallest absolute Gasteiger partial charge is 0.279 e. The van der Waals surface area contributed by atoms with Gasteiger partial charge in [0, 0.05) is 23.8 Å². The van der Waals surface area contributed by atoms with Crippen molar-refractivity contribution in [2.45, 2.75) is 0 Å². The maximum Gasteiger partial charge on any atom is 0.279 e. The molecule has 0 spiro atoms. The van der Waals surface area contributed by atoms with E-state index < -0.39 is 10.7 Å². The van der Waals surface area contributed by atoms with Crippen LogP contribution < -0.4 is 4.74 Å². The van der Waals surface area contributed by atoms with E-state index in [1.165, 1.54) is 36.7 Å². The summed E-state index contributed by atoms with van der Waals surface area (Å²) in [7, 11) is 0. The molecule has 1 heterocycles. The number of nitro groups is 1. The largest absolute Gasteiger partial charge is 0.455 e. The van der Waals surface area contributed by atoms with E-state index in [0.29, 0.717) is 16.5 Å². The molecule has 0 aliphatic heterocycles. The Morgan fingerprint density at radius 1 is 1.14 bits per heavy atom. The van der Waals surface area contributed by atoms with E-state index in [1.807, 2.05) is 0 Å². The quantitative estimate of drug-likeness (QED) is 0.517. The van der Waals surface area contributed by atoms with Crippen molar-refractivity contribution in [3.63, 3.8) is 0 Å². The van der Waals surface area contributed by atoms with Crippen LogP contribution in [0.1, 0.15) is 0 Å². The molecular weight excluding hydrogens is 311 g/mol. The molecule has 1 aromatic heterocycles. The van der Waals surface area contributed by atoms with Crippen LogP contribution in [0.2, 0.25) is 5.02 Å². The number of aromatic nitrogens is 1. The fourth-order valence-electron chi connectivity index (χ4n) is 2.07.